The van der Waals surface area contributed by atoms with Crippen molar-refractivity contribution in [2.45, 2.75) is 0 Å². The number of rotatable bonds is 0. The van der Waals surface area contributed by atoms with Crippen molar-refractivity contribution in [2.24, 2.45) is 0 Å². The SMILES string of the molecule is C1=Cc2cc3ccc(cc4nc(cc5ccc(cc1n2)[nH]5)C=C4)[nH]3.[Mn]. The maximum atomic E-state index is 4.63. The van der Waals surface area contributed by atoms with Crippen molar-refractivity contribution in [3.05, 3.63) is 71.3 Å². The van der Waals surface area contributed by atoms with Gasteiger partial charge in [-0.2, -0.15) is 0 Å². The summed E-state index contributed by atoms with van der Waals surface area (Å²) < 4.78 is 0. The summed E-state index contributed by atoms with van der Waals surface area (Å²) in [6.07, 6.45) is 8.09. The Morgan fingerprint density at radius 1 is 0.480 bits per heavy atom. The number of H-pyrrole nitrogens is 2. The van der Waals surface area contributed by atoms with Crippen molar-refractivity contribution < 1.29 is 17.1 Å². The first-order valence-corrected chi connectivity index (χ1v) is 7.85. The molecular weight excluding hydrogens is 351 g/mol. The van der Waals surface area contributed by atoms with Crippen molar-refractivity contribution in [1.82, 2.24) is 19.9 Å². The van der Waals surface area contributed by atoms with Crippen LogP contribution in [0.25, 0.3) is 46.4 Å². The third kappa shape index (κ3) is 3.20. The van der Waals surface area contributed by atoms with E-state index in [-0.39, 0.29) is 17.1 Å². The molecule has 25 heavy (non-hydrogen) atoms. The van der Waals surface area contributed by atoms with Crippen LogP contribution < -0.4 is 0 Å². The quantitative estimate of drug-likeness (QED) is 0.393. The number of aromatic amines is 2. The Balaban J connectivity index is 0.00000157. The fraction of sp³-hybridized carbons (Fsp3) is 0. The summed E-state index contributed by atoms with van der Waals surface area (Å²) in [5.74, 6) is 0. The standard InChI is InChI=1S/C20H14N4.Mn/c1-2-14-10-16-5-6-18(23-16)12-20-8-7-19(24-20)11-17-4-3-15(22-17)9-13(1)21-14;/h1-12,21,24H;. The van der Waals surface area contributed by atoms with Gasteiger partial charge in [-0.1, -0.05) is 0 Å². The number of nitrogens with zero attached hydrogens (tertiary/aromatic N) is 2. The normalized spacial score (nSPS) is 12.2. The van der Waals surface area contributed by atoms with E-state index in [0.717, 1.165) is 44.8 Å². The average molecular weight is 365 g/mol. The minimum atomic E-state index is 0. The van der Waals surface area contributed by atoms with Gasteiger partial charge >= 0.3 is 0 Å². The van der Waals surface area contributed by atoms with E-state index in [1.165, 1.54) is 0 Å². The molecule has 3 aromatic heterocycles. The van der Waals surface area contributed by atoms with E-state index in [2.05, 4.69) is 44.2 Å². The van der Waals surface area contributed by atoms with Gasteiger partial charge in [0.1, 0.15) is 0 Å². The second kappa shape index (κ2) is 6.20. The molecule has 3 aromatic rings. The molecule has 0 saturated carbocycles. The number of aromatic nitrogens is 4. The zero-order valence-electron chi connectivity index (χ0n) is 13.2. The van der Waals surface area contributed by atoms with Crippen molar-refractivity contribution in [1.29, 1.82) is 0 Å². The molecule has 2 N–H and O–H groups in total. The minimum absolute atomic E-state index is 0. The molecule has 5 heteroatoms. The predicted molar refractivity (Wildman–Crippen MR) is 98.9 cm³/mol. The van der Waals surface area contributed by atoms with Crippen LogP contribution >= 0.6 is 0 Å². The van der Waals surface area contributed by atoms with Gasteiger partial charge in [0.05, 0.1) is 22.8 Å². The zero-order chi connectivity index (χ0) is 15.9. The molecule has 2 aliphatic heterocycles. The second-order valence-electron chi connectivity index (χ2n) is 5.91. The smallest absolute Gasteiger partial charge is 0.0658 e. The van der Waals surface area contributed by atoms with Crippen LogP contribution in [-0.4, -0.2) is 19.9 Å². The monoisotopic (exact) mass is 365 g/mol. The van der Waals surface area contributed by atoms with Gasteiger partial charge in [0.25, 0.3) is 0 Å². The van der Waals surface area contributed by atoms with Crippen LogP contribution in [0, 0.1) is 0 Å². The van der Waals surface area contributed by atoms with Crippen molar-refractivity contribution in [2.75, 3.05) is 0 Å². The molecule has 0 amide bonds. The van der Waals surface area contributed by atoms with Crippen LogP contribution in [0.2, 0.25) is 0 Å². The van der Waals surface area contributed by atoms with Crippen molar-refractivity contribution in [3.63, 3.8) is 0 Å². The molecule has 0 unspecified atom stereocenters. The van der Waals surface area contributed by atoms with Gasteiger partial charge in [-0.05, 0) is 72.8 Å². The van der Waals surface area contributed by atoms with Gasteiger partial charge in [-0.25, -0.2) is 9.97 Å². The third-order valence-electron chi connectivity index (χ3n) is 4.04. The molecule has 2 aliphatic rings. The summed E-state index contributed by atoms with van der Waals surface area (Å²) in [5.41, 5.74) is 7.86. The first-order chi connectivity index (χ1) is 11.8. The van der Waals surface area contributed by atoms with E-state index >= 15 is 0 Å². The largest absolute Gasteiger partial charge is 0.355 e. The van der Waals surface area contributed by atoms with Gasteiger partial charge in [0.2, 0.25) is 0 Å². The fourth-order valence-corrected chi connectivity index (χ4v) is 2.94. The predicted octanol–water partition coefficient (Wildman–Crippen LogP) is 4.65. The van der Waals surface area contributed by atoms with Crippen LogP contribution in [0.5, 0.6) is 0 Å². The number of fused-ring (bicyclic) bond motifs is 8. The van der Waals surface area contributed by atoms with E-state index in [9.17, 15) is 0 Å². The Morgan fingerprint density at radius 3 is 1.04 bits per heavy atom. The minimum Gasteiger partial charge on any atom is -0.355 e. The molecule has 0 fully saturated rings. The Kier molecular flexibility index (Phi) is 3.88. The first kappa shape index (κ1) is 15.6. The topological polar surface area (TPSA) is 57.4 Å². The van der Waals surface area contributed by atoms with Crippen LogP contribution in [0.15, 0.2) is 48.5 Å². The number of nitrogens with one attached hydrogen (secondary N) is 2. The molecule has 0 saturated heterocycles. The van der Waals surface area contributed by atoms with Gasteiger partial charge in [0, 0.05) is 39.1 Å². The molecule has 4 nitrogen and oxygen atoms in total. The maximum Gasteiger partial charge on any atom is 0.0658 e. The van der Waals surface area contributed by atoms with Crippen LogP contribution in [0.4, 0.5) is 0 Å². The molecule has 121 valence electrons. The molecule has 5 heterocycles. The molecule has 0 aliphatic carbocycles. The molecule has 1 radical (unpaired) electrons. The molecule has 0 atom stereocenters. The maximum absolute atomic E-state index is 4.63. The van der Waals surface area contributed by atoms with E-state index in [4.69, 9.17) is 0 Å². The molecule has 0 spiro atoms. The molecular formula is C20H14MnN4. The molecule has 8 bridgehead atoms. The Bertz CT molecular complexity index is 990. The summed E-state index contributed by atoms with van der Waals surface area (Å²) in [4.78, 5) is 16.0. The summed E-state index contributed by atoms with van der Waals surface area (Å²) in [6, 6.07) is 16.4. The van der Waals surface area contributed by atoms with Crippen LogP contribution in [-0.2, 0) is 17.1 Å². The van der Waals surface area contributed by atoms with Gasteiger partial charge < -0.3 is 9.97 Å². The summed E-state index contributed by atoms with van der Waals surface area (Å²) in [6.45, 7) is 0. The van der Waals surface area contributed by atoms with E-state index < -0.39 is 0 Å². The number of hydrogen-bond acceptors (Lipinski definition) is 2. The Morgan fingerprint density at radius 2 is 0.760 bits per heavy atom. The van der Waals surface area contributed by atoms with Gasteiger partial charge in [0.15, 0.2) is 0 Å². The van der Waals surface area contributed by atoms with Crippen LogP contribution in [0.3, 0.4) is 0 Å². The van der Waals surface area contributed by atoms with Crippen molar-refractivity contribution in [3.8, 4) is 0 Å². The summed E-state index contributed by atoms with van der Waals surface area (Å²) >= 11 is 0. The van der Waals surface area contributed by atoms with Gasteiger partial charge in [-0.15, -0.1) is 0 Å². The Labute approximate surface area is 154 Å². The van der Waals surface area contributed by atoms with E-state index in [0.29, 0.717) is 0 Å². The molecule has 0 aromatic carbocycles. The van der Waals surface area contributed by atoms with E-state index in [1.807, 2.05) is 48.6 Å². The van der Waals surface area contributed by atoms with Crippen LogP contribution in [0.1, 0.15) is 22.8 Å². The van der Waals surface area contributed by atoms with Crippen molar-refractivity contribution >= 4 is 46.4 Å². The summed E-state index contributed by atoms with van der Waals surface area (Å²) in [5, 5.41) is 0. The average Bonchev–Trinajstić information content (AvgIpc) is 3.32. The van der Waals surface area contributed by atoms with E-state index in [1.54, 1.807) is 0 Å². The first-order valence-electron chi connectivity index (χ1n) is 7.85. The Hall–Kier alpha value is -2.88. The summed E-state index contributed by atoms with van der Waals surface area (Å²) in [7, 11) is 0. The zero-order valence-corrected chi connectivity index (χ0v) is 14.4. The second-order valence-corrected chi connectivity index (χ2v) is 5.91. The number of hydrogen-bond donors (Lipinski definition) is 2. The molecule has 5 rings (SSSR count). The van der Waals surface area contributed by atoms with Gasteiger partial charge in [-0.3, -0.25) is 0 Å². The third-order valence-corrected chi connectivity index (χ3v) is 4.04. The fourth-order valence-electron chi connectivity index (χ4n) is 2.94.